The van der Waals surface area contributed by atoms with Crippen molar-refractivity contribution in [3.8, 4) is 34.0 Å². The van der Waals surface area contributed by atoms with Crippen LogP contribution in [0.1, 0.15) is 25.3 Å². The van der Waals surface area contributed by atoms with E-state index in [1.54, 1.807) is 19.1 Å². The summed E-state index contributed by atoms with van der Waals surface area (Å²) in [4.78, 5) is 30.9. The largest absolute Gasteiger partial charge is 0.480 e. The summed E-state index contributed by atoms with van der Waals surface area (Å²) in [6, 6.07) is 21.6. The predicted molar refractivity (Wildman–Crippen MR) is 142 cm³/mol. The lowest BCUT2D eigenvalue weighted by molar-refractivity contribution is -0.173. The molecule has 5 rings (SSSR count). The van der Waals surface area contributed by atoms with Crippen molar-refractivity contribution in [2.75, 3.05) is 19.7 Å². The van der Waals surface area contributed by atoms with E-state index < -0.39 is 17.4 Å². The molecular formula is C30H28FN3O5. The van der Waals surface area contributed by atoms with Gasteiger partial charge in [-0.2, -0.15) is 4.98 Å². The maximum atomic E-state index is 14.8. The van der Waals surface area contributed by atoms with E-state index in [1.165, 1.54) is 6.07 Å². The first-order valence-corrected chi connectivity index (χ1v) is 12.8. The van der Waals surface area contributed by atoms with Gasteiger partial charge in [0.1, 0.15) is 5.82 Å². The second-order valence-electron chi connectivity index (χ2n) is 9.60. The average Bonchev–Trinajstić information content (AvgIpc) is 3.44. The number of carbonyl (C=O) groups is 2. The Kier molecular flexibility index (Phi) is 7.51. The molecule has 2 heterocycles. The Morgan fingerprint density at radius 2 is 1.79 bits per heavy atom. The molecule has 0 saturated carbocycles. The quantitative estimate of drug-likeness (QED) is 0.238. The Balaban J connectivity index is 1.28. The number of carboxylic acids is 1. The number of carboxylic acid groups (broad SMARTS) is 1. The van der Waals surface area contributed by atoms with Crippen LogP contribution < -0.4 is 0 Å². The van der Waals surface area contributed by atoms with Crippen molar-refractivity contribution in [1.82, 2.24) is 15.0 Å². The van der Waals surface area contributed by atoms with Crippen molar-refractivity contribution in [1.29, 1.82) is 0 Å². The van der Waals surface area contributed by atoms with Gasteiger partial charge in [0.25, 0.3) is 5.89 Å². The van der Waals surface area contributed by atoms with Gasteiger partial charge in [0, 0.05) is 29.8 Å². The molecule has 39 heavy (non-hydrogen) atoms. The Morgan fingerprint density at radius 3 is 2.49 bits per heavy atom. The first-order valence-electron chi connectivity index (χ1n) is 12.8. The molecule has 1 aromatic heterocycles. The van der Waals surface area contributed by atoms with Crippen LogP contribution in [-0.4, -0.2) is 51.8 Å². The van der Waals surface area contributed by atoms with Crippen molar-refractivity contribution in [2.24, 2.45) is 5.41 Å². The summed E-state index contributed by atoms with van der Waals surface area (Å²) in [6.07, 6.45) is 0.845. The molecule has 0 radical (unpaired) electrons. The monoisotopic (exact) mass is 529 g/mol. The van der Waals surface area contributed by atoms with Gasteiger partial charge in [-0.15, -0.1) is 0 Å². The zero-order chi connectivity index (χ0) is 27.4. The molecule has 1 aliphatic rings. The van der Waals surface area contributed by atoms with E-state index in [9.17, 15) is 19.1 Å². The van der Waals surface area contributed by atoms with Crippen LogP contribution in [0.5, 0.6) is 0 Å². The van der Waals surface area contributed by atoms with Crippen molar-refractivity contribution in [3.05, 3.63) is 84.2 Å². The first kappa shape index (κ1) is 26.2. The maximum absolute atomic E-state index is 14.8. The second-order valence-corrected chi connectivity index (χ2v) is 9.60. The van der Waals surface area contributed by atoms with Gasteiger partial charge < -0.3 is 14.4 Å². The fourth-order valence-corrected chi connectivity index (χ4v) is 4.95. The SMILES string of the molecule is CCOC(=O)C1(C(=O)O)CCCN(Cc2ccc(-c3noc(-c4ccc(-c5ccccc5)c(F)c4)n3)cc2)C1. The highest BCUT2D eigenvalue weighted by atomic mass is 19.1. The smallest absolute Gasteiger partial charge is 0.324 e. The molecule has 9 heteroatoms. The number of ether oxygens (including phenoxy) is 1. The van der Waals surface area contributed by atoms with Crippen molar-refractivity contribution in [2.45, 2.75) is 26.3 Å². The van der Waals surface area contributed by atoms with E-state index in [4.69, 9.17) is 9.26 Å². The molecule has 4 aromatic rings. The van der Waals surface area contributed by atoms with Crippen LogP contribution in [0, 0.1) is 11.2 Å². The van der Waals surface area contributed by atoms with Crippen LogP contribution in [0.25, 0.3) is 34.0 Å². The minimum Gasteiger partial charge on any atom is -0.480 e. The average molecular weight is 530 g/mol. The summed E-state index contributed by atoms with van der Waals surface area (Å²) >= 11 is 0. The molecule has 0 spiro atoms. The zero-order valence-corrected chi connectivity index (χ0v) is 21.5. The van der Waals surface area contributed by atoms with Crippen LogP contribution in [0.15, 0.2) is 77.3 Å². The van der Waals surface area contributed by atoms with Gasteiger partial charge in [-0.25, -0.2) is 4.39 Å². The number of halogens is 1. The van der Waals surface area contributed by atoms with Crippen LogP contribution >= 0.6 is 0 Å². The molecule has 1 aliphatic heterocycles. The lowest BCUT2D eigenvalue weighted by Crippen LogP contribution is -2.52. The highest BCUT2D eigenvalue weighted by Gasteiger charge is 2.50. The van der Waals surface area contributed by atoms with E-state index in [2.05, 4.69) is 10.1 Å². The number of esters is 1. The Morgan fingerprint density at radius 1 is 1.05 bits per heavy atom. The third kappa shape index (κ3) is 5.44. The van der Waals surface area contributed by atoms with E-state index in [0.29, 0.717) is 36.5 Å². The molecule has 1 saturated heterocycles. The number of hydrogen-bond acceptors (Lipinski definition) is 7. The Hall–Kier alpha value is -4.37. The third-order valence-electron chi connectivity index (χ3n) is 6.99. The van der Waals surface area contributed by atoms with Gasteiger partial charge in [0.15, 0.2) is 5.41 Å². The third-order valence-corrected chi connectivity index (χ3v) is 6.99. The molecule has 0 aliphatic carbocycles. The predicted octanol–water partition coefficient (Wildman–Crippen LogP) is 5.44. The van der Waals surface area contributed by atoms with Crippen LogP contribution in [-0.2, 0) is 20.9 Å². The standard InChI is InChI=1S/C30H28FN3O5/c1-2-38-29(37)30(28(35)36)15-6-16-34(19-30)18-20-9-11-22(12-10-20)26-32-27(39-33-26)23-13-14-24(25(31)17-23)21-7-4-3-5-8-21/h3-5,7-14,17H,2,6,15-16,18-19H2,1H3,(H,35,36). The molecule has 200 valence electrons. The van der Waals surface area contributed by atoms with Crippen molar-refractivity contribution in [3.63, 3.8) is 0 Å². The van der Waals surface area contributed by atoms with Crippen LogP contribution in [0.2, 0.25) is 0 Å². The lowest BCUT2D eigenvalue weighted by atomic mass is 9.79. The molecule has 3 aromatic carbocycles. The molecule has 0 bridgehead atoms. The summed E-state index contributed by atoms with van der Waals surface area (Å²) in [5, 5.41) is 13.9. The zero-order valence-electron chi connectivity index (χ0n) is 21.5. The summed E-state index contributed by atoms with van der Waals surface area (Å²) in [7, 11) is 0. The van der Waals surface area contributed by atoms with E-state index in [-0.39, 0.29) is 31.3 Å². The minimum atomic E-state index is -1.55. The number of aromatic nitrogens is 2. The normalized spacial score (nSPS) is 17.6. The summed E-state index contributed by atoms with van der Waals surface area (Å²) in [6.45, 7) is 3.07. The van der Waals surface area contributed by atoms with Gasteiger partial charge >= 0.3 is 11.9 Å². The molecular weight excluding hydrogens is 501 g/mol. The summed E-state index contributed by atoms with van der Waals surface area (Å²) < 4.78 is 25.3. The number of piperidine rings is 1. The lowest BCUT2D eigenvalue weighted by Gasteiger charge is -2.38. The molecule has 8 nitrogen and oxygen atoms in total. The Labute approximate surface area is 225 Å². The van der Waals surface area contributed by atoms with E-state index in [0.717, 1.165) is 16.7 Å². The first-order chi connectivity index (χ1) is 18.9. The van der Waals surface area contributed by atoms with Gasteiger partial charge in [-0.3, -0.25) is 14.5 Å². The molecule has 0 amide bonds. The molecule has 1 N–H and O–H groups in total. The maximum Gasteiger partial charge on any atom is 0.324 e. The molecule has 1 atom stereocenters. The molecule has 1 unspecified atom stereocenters. The van der Waals surface area contributed by atoms with Crippen LogP contribution in [0.4, 0.5) is 4.39 Å². The summed E-state index contributed by atoms with van der Waals surface area (Å²) in [5.74, 6) is -1.63. The Bertz CT molecular complexity index is 1470. The summed E-state index contributed by atoms with van der Waals surface area (Å²) in [5.41, 5.74) is 1.88. The number of hydrogen-bond donors (Lipinski definition) is 1. The highest BCUT2D eigenvalue weighted by molar-refractivity contribution is 5.99. The van der Waals surface area contributed by atoms with Gasteiger partial charge in [0.2, 0.25) is 5.82 Å². The molecule has 1 fully saturated rings. The van der Waals surface area contributed by atoms with Crippen LogP contribution in [0.3, 0.4) is 0 Å². The number of rotatable bonds is 8. The van der Waals surface area contributed by atoms with E-state index in [1.807, 2.05) is 59.5 Å². The van der Waals surface area contributed by atoms with Gasteiger partial charge in [0.05, 0.1) is 6.61 Å². The number of aliphatic carboxylic acids is 1. The number of benzene rings is 3. The second kappa shape index (κ2) is 11.2. The van der Waals surface area contributed by atoms with Crippen molar-refractivity contribution < 1.29 is 28.3 Å². The fourth-order valence-electron chi connectivity index (χ4n) is 4.95. The van der Waals surface area contributed by atoms with E-state index >= 15 is 0 Å². The number of nitrogens with zero attached hydrogens (tertiary/aromatic N) is 3. The topological polar surface area (TPSA) is 106 Å². The van der Waals surface area contributed by atoms with Crippen molar-refractivity contribution >= 4 is 11.9 Å². The fraction of sp³-hybridized carbons (Fsp3) is 0.267. The number of carbonyl (C=O) groups excluding carboxylic acids is 1. The van der Waals surface area contributed by atoms with Gasteiger partial charge in [-0.05, 0) is 49.6 Å². The van der Waals surface area contributed by atoms with Gasteiger partial charge in [-0.1, -0.05) is 65.8 Å². The minimum absolute atomic E-state index is 0.0940. The highest BCUT2D eigenvalue weighted by Crippen LogP contribution is 2.33. The number of likely N-dealkylation sites (tertiary alicyclic amines) is 1.